The molecule has 0 spiro atoms. The van der Waals surface area contributed by atoms with Gasteiger partial charge in [-0.2, -0.15) is 8.29 Å². The summed E-state index contributed by atoms with van der Waals surface area (Å²) in [5, 5.41) is 10.7. The molecule has 1 heteroatoms. The van der Waals surface area contributed by atoms with Crippen molar-refractivity contribution < 1.29 is 0 Å². The smallest absolute Gasteiger partial charge is 0.0509 e. The third-order valence-corrected chi connectivity index (χ3v) is 8.66. The molecule has 0 saturated carbocycles. The minimum Gasteiger partial charge on any atom is -0.187 e. The fourth-order valence-electron chi connectivity index (χ4n) is 1.02. The molecule has 0 N–H and O–H groups in total. The summed E-state index contributed by atoms with van der Waals surface area (Å²) in [5.74, 6) is 0. The summed E-state index contributed by atoms with van der Waals surface area (Å²) in [6, 6.07) is 0. The molecular formula is C12H18S. The molecule has 13 heavy (non-hydrogen) atoms. The van der Waals surface area contributed by atoms with Crippen LogP contribution in [-0.4, -0.2) is 0 Å². The first kappa shape index (κ1) is 11.8. The standard InChI is InChI=1S/C12H18S/c1-7-13(8-2,9-3,10-4,11-5)12-6/h7-12H,1-6H2. The van der Waals surface area contributed by atoms with E-state index in [0.29, 0.717) is 0 Å². The van der Waals surface area contributed by atoms with Gasteiger partial charge in [-0.1, -0.05) is 71.9 Å². The fourth-order valence-corrected chi connectivity index (χ4v) is 3.06. The maximum absolute atomic E-state index is 3.83. The molecule has 0 radical (unpaired) electrons. The van der Waals surface area contributed by atoms with Crippen LogP contribution < -0.4 is 0 Å². The number of rotatable bonds is 6. The Morgan fingerprint density at radius 1 is 0.462 bits per heavy atom. The maximum Gasteiger partial charge on any atom is -0.0509 e. The largest absolute Gasteiger partial charge is 0.187 e. The number of hydrogen-bond donors (Lipinski definition) is 0. The van der Waals surface area contributed by atoms with E-state index < -0.39 is 8.29 Å². The first-order valence-electron chi connectivity index (χ1n) is 3.86. The molecule has 0 aromatic carbocycles. The first-order valence-corrected chi connectivity index (χ1v) is 6.69. The highest BCUT2D eigenvalue weighted by Crippen LogP contribution is 2.95. The second kappa shape index (κ2) is 2.64. The highest BCUT2D eigenvalue weighted by Gasteiger charge is 2.44. The SMILES string of the molecule is C=CS(C=C)(C=C)(C=C)(C=C)C=C. The van der Waals surface area contributed by atoms with E-state index in [1.807, 2.05) is 0 Å². The summed E-state index contributed by atoms with van der Waals surface area (Å²) < 4.78 is 0. The minimum atomic E-state index is -3.06. The van der Waals surface area contributed by atoms with Gasteiger partial charge >= 0.3 is 0 Å². The molecule has 0 rings (SSSR count). The normalized spacial score (nSPS) is 15.7. The van der Waals surface area contributed by atoms with Crippen molar-refractivity contribution in [3.63, 3.8) is 0 Å². The topological polar surface area (TPSA) is 0 Å². The van der Waals surface area contributed by atoms with E-state index in [0.717, 1.165) is 0 Å². The molecule has 0 aromatic rings. The summed E-state index contributed by atoms with van der Waals surface area (Å²) in [7, 11) is -3.06. The Hall–Kier alpha value is -1.21. The van der Waals surface area contributed by atoms with Gasteiger partial charge in [0.2, 0.25) is 0 Å². The van der Waals surface area contributed by atoms with Crippen LogP contribution in [-0.2, 0) is 0 Å². The van der Waals surface area contributed by atoms with E-state index in [9.17, 15) is 0 Å². The predicted molar refractivity (Wildman–Crippen MR) is 68.8 cm³/mol. The lowest BCUT2D eigenvalue weighted by atomic mass is 11.1. The fraction of sp³-hybridized carbons (Fsp3) is 0. The van der Waals surface area contributed by atoms with Gasteiger partial charge < -0.3 is 0 Å². The van der Waals surface area contributed by atoms with E-state index >= 15 is 0 Å². The molecule has 0 aromatic heterocycles. The Kier molecular flexibility index (Phi) is 2.39. The van der Waals surface area contributed by atoms with E-state index in [2.05, 4.69) is 39.5 Å². The summed E-state index contributed by atoms with van der Waals surface area (Å²) in [6.45, 7) is 23.0. The lowest BCUT2D eigenvalue weighted by Crippen LogP contribution is -2.18. The van der Waals surface area contributed by atoms with Crippen LogP contribution in [0.1, 0.15) is 0 Å². The van der Waals surface area contributed by atoms with Crippen molar-refractivity contribution in [3.8, 4) is 0 Å². The van der Waals surface area contributed by atoms with Gasteiger partial charge in [-0.3, -0.25) is 0 Å². The molecule has 0 amide bonds. The van der Waals surface area contributed by atoms with E-state index in [1.54, 1.807) is 32.4 Å². The van der Waals surface area contributed by atoms with Crippen LogP contribution in [0, 0.1) is 0 Å². The lowest BCUT2D eigenvalue weighted by Gasteiger charge is -2.66. The van der Waals surface area contributed by atoms with E-state index in [1.165, 1.54) is 0 Å². The van der Waals surface area contributed by atoms with Gasteiger partial charge in [0.25, 0.3) is 0 Å². The second-order valence-electron chi connectivity index (χ2n) is 3.04. The Labute approximate surface area is 80.6 Å². The van der Waals surface area contributed by atoms with Crippen LogP contribution in [0.4, 0.5) is 0 Å². The molecule has 0 nitrogen and oxygen atoms in total. The highest BCUT2D eigenvalue weighted by molar-refractivity contribution is 8.76. The average molecular weight is 194 g/mol. The summed E-state index contributed by atoms with van der Waals surface area (Å²) >= 11 is 0. The van der Waals surface area contributed by atoms with Crippen LogP contribution in [0.25, 0.3) is 0 Å². The average Bonchev–Trinajstić information content (AvgIpc) is 2.26. The zero-order valence-electron chi connectivity index (χ0n) is 8.11. The molecule has 0 saturated heterocycles. The third kappa shape index (κ3) is 1.01. The number of hydrogen-bond acceptors (Lipinski definition) is 0. The van der Waals surface area contributed by atoms with E-state index in [4.69, 9.17) is 0 Å². The molecule has 0 heterocycles. The van der Waals surface area contributed by atoms with Gasteiger partial charge in [0.05, 0.1) is 0 Å². The van der Waals surface area contributed by atoms with Gasteiger partial charge in [-0.05, 0) is 0 Å². The zero-order chi connectivity index (χ0) is 10.7. The molecule has 0 aliphatic carbocycles. The van der Waals surface area contributed by atoms with Gasteiger partial charge in [-0.25, -0.2) is 0 Å². The Bertz CT molecular complexity index is 221. The monoisotopic (exact) mass is 194 g/mol. The van der Waals surface area contributed by atoms with Gasteiger partial charge in [0, 0.05) is 0 Å². The molecule has 0 fully saturated rings. The summed E-state index contributed by atoms with van der Waals surface area (Å²) in [6.07, 6.45) is 0. The zero-order valence-corrected chi connectivity index (χ0v) is 8.93. The minimum absolute atomic E-state index is 1.78. The van der Waals surface area contributed by atoms with Crippen LogP contribution in [0.15, 0.2) is 71.9 Å². The molecule has 0 bridgehead atoms. The van der Waals surface area contributed by atoms with Gasteiger partial charge in [0.1, 0.15) is 0 Å². The van der Waals surface area contributed by atoms with Crippen molar-refractivity contribution in [1.82, 2.24) is 0 Å². The van der Waals surface area contributed by atoms with Crippen molar-refractivity contribution >= 4 is 8.29 Å². The molecule has 72 valence electrons. The molecule has 0 unspecified atom stereocenters. The first-order chi connectivity index (χ1) is 5.97. The third-order valence-electron chi connectivity index (χ3n) is 2.89. The molecule has 0 atom stereocenters. The predicted octanol–water partition coefficient (Wildman–Crippen LogP) is 4.72. The Morgan fingerprint density at radius 2 is 0.615 bits per heavy atom. The van der Waals surface area contributed by atoms with Crippen LogP contribution >= 0.6 is 8.29 Å². The Balaban J connectivity index is 6.50. The van der Waals surface area contributed by atoms with E-state index in [-0.39, 0.29) is 0 Å². The van der Waals surface area contributed by atoms with Crippen LogP contribution in [0.2, 0.25) is 0 Å². The van der Waals surface area contributed by atoms with Gasteiger partial charge in [0.15, 0.2) is 0 Å². The van der Waals surface area contributed by atoms with Crippen molar-refractivity contribution in [3.05, 3.63) is 71.9 Å². The Morgan fingerprint density at radius 3 is 0.615 bits per heavy atom. The second-order valence-corrected chi connectivity index (χ2v) is 9.12. The summed E-state index contributed by atoms with van der Waals surface area (Å²) in [4.78, 5) is 0. The van der Waals surface area contributed by atoms with Crippen molar-refractivity contribution in [2.45, 2.75) is 0 Å². The molecule has 0 aliphatic heterocycles. The van der Waals surface area contributed by atoms with Crippen molar-refractivity contribution in [1.29, 1.82) is 0 Å². The summed E-state index contributed by atoms with van der Waals surface area (Å²) in [5.41, 5.74) is 0. The van der Waals surface area contributed by atoms with Crippen LogP contribution in [0.5, 0.6) is 0 Å². The quantitative estimate of drug-likeness (QED) is 0.573. The van der Waals surface area contributed by atoms with Crippen LogP contribution in [0.3, 0.4) is 0 Å². The lowest BCUT2D eigenvalue weighted by molar-refractivity contribution is 2.08. The maximum atomic E-state index is 3.83. The van der Waals surface area contributed by atoms with Gasteiger partial charge in [-0.15, -0.1) is 0 Å². The highest BCUT2D eigenvalue weighted by atomic mass is 32.4. The molecular weight excluding hydrogens is 176 g/mol. The van der Waals surface area contributed by atoms with Crippen molar-refractivity contribution in [2.24, 2.45) is 0 Å². The molecule has 0 aliphatic rings. The van der Waals surface area contributed by atoms with Crippen molar-refractivity contribution in [2.75, 3.05) is 0 Å².